The fraction of sp³-hybridized carbons (Fsp3) is 0.211. The molecule has 1 aliphatic heterocycles. The average Bonchev–Trinajstić information content (AvgIpc) is 2.89. The second-order valence-electron chi connectivity index (χ2n) is 6.63. The lowest BCUT2D eigenvalue weighted by Gasteiger charge is -2.28. The van der Waals surface area contributed by atoms with E-state index < -0.39 is 28.7 Å². The van der Waals surface area contributed by atoms with Gasteiger partial charge in [0.2, 0.25) is 5.91 Å². The Morgan fingerprint density at radius 1 is 1.11 bits per heavy atom. The van der Waals surface area contributed by atoms with Gasteiger partial charge in [0.15, 0.2) is 0 Å². The van der Waals surface area contributed by atoms with Crippen LogP contribution >= 0.6 is 15.9 Å². The summed E-state index contributed by atoms with van der Waals surface area (Å²) in [6, 6.07) is 9.30. The number of fused-ring (bicyclic) bond motifs is 1. The first-order valence-electron chi connectivity index (χ1n) is 8.44. The standard InChI is InChI=1S/C19H16BrN3O5/c1-10(2)16(22-18(25)12-5-3-4-6-13(12)19(22)26)17(24)21-15-8-7-11(23(27)28)9-14(15)20/h3-10,16H,1-2H3,(H,21,24)/t16-/m0/s1. The number of amides is 3. The maximum absolute atomic E-state index is 12.9. The van der Waals surface area contributed by atoms with E-state index in [1.807, 2.05) is 0 Å². The Hall–Kier alpha value is -3.07. The van der Waals surface area contributed by atoms with Gasteiger partial charge in [-0.25, -0.2) is 0 Å². The van der Waals surface area contributed by atoms with Gasteiger partial charge < -0.3 is 5.32 Å². The molecule has 1 aliphatic rings. The maximum atomic E-state index is 12.9. The number of nitrogens with zero attached hydrogens (tertiary/aromatic N) is 2. The fourth-order valence-electron chi connectivity index (χ4n) is 3.10. The zero-order valence-electron chi connectivity index (χ0n) is 15.0. The minimum atomic E-state index is -1.03. The minimum Gasteiger partial charge on any atom is -0.323 e. The van der Waals surface area contributed by atoms with Gasteiger partial charge in [0.25, 0.3) is 17.5 Å². The first kappa shape index (κ1) is 19.7. The van der Waals surface area contributed by atoms with Crippen molar-refractivity contribution in [3.05, 3.63) is 68.2 Å². The van der Waals surface area contributed by atoms with Crippen molar-refractivity contribution in [2.75, 3.05) is 5.32 Å². The number of nitro benzene ring substituents is 1. The average molecular weight is 446 g/mol. The van der Waals surface area contributed by atoms with E-state index in [1.54, 1.807) is 38.1 Å². The smallest absolute Gasteiger partial charge is 0.270 e. The van der Waals surface area contributed by atoms with Crippen molar-refractivity contribution in [1.29, 1.82) is 0 Å². The van der Waals surface area contributed by atoms with Crippen LogP contribution in [0, 0.1) is 16.0 Å². The summed E-state index contributed by atoms with van der Waals surface area (Å²) in [5, 5.41) is 13.5. The van der Waals surface area contributed by atoms with Gasteiger partial charge in [-0.05, 0) is 40.0 Å². The molecule has 0 bridgehead atoms. The molecule has 0 radical (unpaired) electrons. The van der Waals surface area contributed by atoms with Crippen LogP contribution in [0.25, 0.3) is 0 Å². The van der Waals surface area contributed by atoms with Gasteiger partial charge in [-0.15, -0.1) is 0 Å². The second kappa shape index (κ2) is 7.51. The first-order valence-corrected chi connectivity index (χ1v) is 9.23. The SMILES string of the molecule is CC(C)[C@@H](C(=O)Nc1ccc([N+](=O)[O-])cc1Br)N1C(=O)c2ccccc2C1=O. The lowest BCUT2D eigenvalue weighted by molar-refractivity contribution is -0.384. The number of nitro groups is 1. The fourth-order valence-corrected chi connectivity index (χ4v) is 3.57. The number of rotatable bonds is 5. The van der Waals surface area contributed by atoms with Crippen LogP contribution < -0.4 is 5.32 Å². The molecule has 0 saturated carbocycles. The normalized spacial score (nSPS) is 14.2. The number of non-ortho nitro benzene ring substituents is 1. The van der Waals surface area contributed by atoms with Crippen LogP contribution in [0.3, 0.4) is 0 Å². The molecular formula is C19H16BrN3O5. The highest BCUT2D eigenvalue weighted by Gasteiger charge is 2.43. The summed E-state index contributed by atoms with van der Waals surface area (Å²) in [7, 11) is 0. The van der Waals surface area contributed by atoms with Gasteiger partial charge in [-0.1, -0.05) is 26.0 Å². The van der Waals surface area contributed by atoms with Gasteiger partial charge in [0.1, 0.15) is 6.04 Å². The van der Waals surface area contributed by atoms with Crippen LogP contribution in [0.1, 0.15) is 34.6 Å². The molecule has 0 unspecified atom stereocenters. The van der Waals surface area contributed by atoms with E-state index in [9.17, 15) is 24.5 Å². The zero-order valence-corrected chi connectivity index (χ0v) is 16.6. The number of anilines is 1. The van der Waals surface area contributed by atoms with Crippen LogP contribution in [0.5, 0.6) is 0 Å². The number of nitrogens with one attached hydrogen (secondary N) is 1. The van der Waals surface area contributed by atoms with Crippen molar-refractivity contribution >= 4 is 45.0 Å². The van der Waals surface area contributed by atoms with E-state index in [1.165, 1.54) is 18.2 Å². The number of imide groups is 1. The monoisotopic (exact) mass is 445 g/mol. The van der Waals surface area contributed by atoms with Crippen molar-refractivity contribution < 1.29 is 19.3 Å². The van der Waals surface area contributed by atoms with Gasteiger partial charge in [0, 0.05) is 16.6 Å². The highest BCUT2D eigenvalue weighted by molar-refractivity contribution is 9.10. The predicted molar refractivity (Wildman–Crippen MR) is 105 cm³/mol. The molecule has 0 aliphatic carbocycles. The van der Waals surface area contributed by atoms with Crippen LogP contribution in [0.4, 0.5) is 11.4 Å². The lowest BCUT2D eigenvalue weighted by atomic mass is 10.0. The molecule has 3 amide bonds. The molecule has 2 aromatic carbocycles. The van der Waals surface area contributed by atoms with Crippen molar-refractivity contribution in [2.24, 2.45) is 5.92 Å². The van der Waals surface area contributed by atoms with Crippen LogP contribution in [0.2, 0.25) is 0 Å². The second-order valence-corrected chi connectivity index (χ2v) is 7.48. The predicted octanol–water partition coefficient (Wildman–Crippen LogP) is 3.62. The topological polar surface area (TPSA) is 110 Å². The van der Waals surface area contributed by atoms with Crippen LogP contribution in [-0.2, 0) is 4.79 Å². The molecule has 2 aromatic rings. The van der Waals surface area contributed by atoms with E-state index in [0.717, 1.165) is 4.90 Å². The Balaban J connectivity index is 1.90. The molecule has 3 rings (SSSR count). The van der Waals surface area contributed by atoms with Gasteiger partial charge in [0.05, 0.1) is 21.7 Å². The van der Waals surface area contributed by atoms with Crippen molar-refractivity contribution in [3.63, 3.8) is 0 Å². The third-order valence-electron chi connectivity index (χ3n) is 4.43. The van der Waals surface area contributed by atoms with E-state index in [2.05, 4.69) is 21.2 Å². The molecule has 0 saturated heterocycles. The number of hydrogen-bond donors (Lipinski definition) is 1. The highest BCUT2D eigenvalue weighted by Crippen LogP contribution is 2.30. The van der Waals surface area contributed by atoms with Gasteiger partial charge in [-0.2, -0.15) is 0 Å². The summed E-state index contributed by atoms with van der Waals surface area (Å²) < 4.78 is 0.319. The molecule has 0 spiro atoms. The third-order valence-corrected chi connectivity index (χ3v) is 5.08. The van der Waals surface area contributed by atoms with Crippen molar-refractivity contribution in [1.82, 2.24) is 4.90 Å². The Kier molecular flexibility index (Phi) is 5.28. The maximum Gasteiger partial charge on any atom is 0.270 e. The third kappa shape index (κ3) is 3.40. The van der Waals surface area contributed by atoms with Gasteiger partial charge >= 0.3 is 0 Å². The van der Waals surface area contributed by atoms with Crippen LogP contribution in [0.15, 0.2) is 46.9 Å². The molecule has 1 heterocycles. The summed E-state index contributed by atoms with van der Waals surface area (Å²) in [6.45, 7) is 3.47. The molecule has 0 aromatic heterocycles. The van der Waals surface area contributed by atoms with Gasteiger partial charge in [-0.3, -0.25) is 29.4 Å². The highest BCUT2D eigenvalue weighted by atomic mass is 79.9. The largest absolute Gasteiger partial charge is 0.323 e. The molecule has 1 atom stereocenters. The summed E-state index contributed by atoms with van der Waals surface area (Å²) >= 11 is 3.19. The Labute approximate surface area is 168 Å². The summed E-state index contributed by atoms with van der Waals surface area (Å²) in [6.07, 6.45) is 0. The van der Waals surface area contributed by atoms with Crippen LogP contribution in [-0.4, -0.2) is 33.6 Å². The Bertz CT molecular complexity index is 970. The summed E-state index contributed by atoms with van der Waals surface area (Å²) in [4.78, 5) is 49.7. The van der Waals surface area contributed by atoms with Crippen molar-refractivity contribution in [2.45, 2.75) is 19.9 Å². The van der Waals surface area contributed by atoms with E-state index in [-0.39, 0.29) is 22.7 Å². The Morgan fingerprint density at radius 2 is 1.68 bits per heavy atom. The molecule has 28 heavy (non-hydrogen) atoms. The number of hydrogen-bond acceptors (Lipinski definition) is 5. The number of halogens is 1. The number of benzene rings is 2. The van der Waals surface area contributed by atoms with E-state index >= 15 is 0 Å². The van der Waals surface area contributed by atoms with Crippen molar-refractivity contribution in [3.8, 4) is 0 Å². The molecular weight excluding hydrogens is 430 g/mol. The summed E-state index contributed by atoms with van der Waals surface area (Å²) in [5.41, 5.74) is 0.702. The Morgan fingerprint density at radius 3 is 2.14 bits per heavy atom. The number of carbonyl (C=O) groups is 3. The quantitative estimate of drug-likeness (QED) is 0.429. The molecule has 0 fully saturated rings. The molecule has 9 heteroatoms. The molecule has 144 valence electrons. The van der Waals surface area contributed by atoms with E-state index in [0.29, 0.717) is 10.2 Å². The molecule has 1 N–H and O–H groups in total. The first-order chi connectivity index (χ1) is 13.2. The minimum absolute atomic E-state index is 0.134. The molecule has 8 nitrogen and oxygen atoms in total. The lowest BCUT2D eigenvalue weighted by Crippen LogP contribution is -2.50. The zero-order chi connectivity index (χ0) is 20.6. The number of carbonyl (C=O) groups excluding carboxylic acids is 3. The van der Waals surface area contributed by atoms with E-state index in [4.69, 9.17) is 0 Å². The summed E-state index contributed by atoms with van der Waals surface area (Å²) in [5.74, 6) is -1.94.